The van der Waals surface area contributed by atoms with Crippen LogP contribution in [0.15, 0.2) is 15.9 Å². The van der Waals surface area contributed by atoms with Crippen molar-refractivity contribution in [2.24, 2.45) is 0 Å². The Bertz CT molecular complexity index is 236. The predicted molar refractivity (Wildman–Crippen MR) is 52.4 cm³/mol. The number of halogens is 1. The lowest BCUT2D eigenvalue weighted by Gasteiger charge is -2.19. The summed E-state index contributed by atoms with van der Waals surface area (Å²) in [6.45, 7) is 6.13. The van der Waals surface area contributed by atoms with E-state index in [4.69, 9.17) is 4.74 Å². The monoisotopic (exact) mass is 234 g/mol. The zero-order valence-corrected chi connectivity index (χ0v) is 9.25. The number of ether oxygens (including phenoxy) is 1. The molecular formula is C8H11BrOS. The Hall–Kier alpha value is -0.0200. The summed E-state index contributed by atoms with van der Waals surface area (Å²) >= 11 is 4.99. The van der Waals surface area contributed by atoms with Crippen molar-refractivity contribution in [3.05, 3.63) is 15.9 Å². The SMILES string of the molecule is CC(C)(C)Oc1ccc(Br)s1. The van der Waals surface area contributed by atoms with Crippen LogP contribution in [0.3, 0.4) is 0 Å². The minimum Gasteiger partial charge on any atom is -0.479 e. The minimum atomic E-state index is -0.0930. The van der Waals surface area contributed by atoms with Crippen molar-refractivity contribution in [1.82, 2.24) is 0 Å². The van der Waals surface area contributed by atoms with Gasteiger partial charge in [0.05, 0.1) is 3.79 Å². The van der Waals surface area contributed by atoms with Crippen molar-refractivity contribution in [2.45, 2.75) is 26.4 Å². The molecule has 0 atom stereocenters. The Kier molecular flexibility index (Phi) is 2.60. The number of hydrogen-bond donors (Lipinski definition) is 0. The molecule has 3 heteroatoms. The molecule has 0 aliphatic rings. The Labute approximate surface area is 79.5 Å². The Balaban J connectivity index is 2.65. The molecule has 0 fully saturated rings. The molecule has 0 bridgehead atoms. The van der Waals surface area contributed by atoms with Gasteiger partial charge in [0, 0.05) is 0 Å². The highest BCUT2D eigenvalue weighted by Gasteiger charge is 2.12. The lowest BCUT2D eigenvalue weighted by molar-refractivity contribution is 0.136. The third kappa shape index (κ3) is 3.25. The second-order valence-corrected chi connectivity index (χ2v) is 5.70. The molecule has 1 nitrogen and oxygen atoms in total. The van der Waals surface area contributed by atoms with Crippen molar-refractivity contribution in [3.63, 3.8) is 0 Å². The van der Waals surface area contributed by atoms with E-state index in [1.807, 2.05) is 32.9 Å². The van der Waals surface area contributed by atoms with E-state index in [-0.39, 0.29) is 5.60 Å². The van der Waals surface area contributed by atoms with Crippen LogP contribution in [-0.2, 0) is 0 Å². The van der Waals surface area contributed by atoms with Crippen LogP contribution < -0.4 is 4.74 Å². The summed E-state index contributed by atoms with van der Waals surface area (Å²) in [6.07, 6.45) is 0. The van der Waals surface area contributed by atoms with Crippen molar-refractivity contribution in [1.29, 1.82) is 0 Å². The molecule has 0 unspecified atom stereocenters. The summed E-state index contributed by atoms with van der Waals surface area (Å²) in [7, 11) is 0. The highest BCUT2D eigenvalue weighted by atomic mass is 79.9. The standard InChI is InChI=1S/C8H11BrOS/c1-8(2,3)10-7-5-4-6(9)11-7/h4-5H,1-3H3. The van der Waals surface area contributed by atoms with Crippen molar-refractivity contribution in [2.75, 3.05) is 0 Å². The van der Waals surface area contributed by atoms with E-state index in [2.05, 4.69) is 15.9 Å². The van der Waals surface area contributed by atoms with Crippen LogP contribution in [0.25, 0.3) is 0 Å². The molecule has 0 aliphatic heterocycles. The Morgan fingerprint density at radius 1 is 1.36 bits per heavy atom. The molecule has 1 rings (SSSR count). The van der Waals surface area contributed by atoms with Crippen LogP contribution in [0.4, 0.5) is 0 Å². The second-order valence-electron chi connectivity index (χ2n) is 3.27. The fourth-order valence-electron chi connectivity index (χ4n) is 0.654. The fourth-order valence-corrected chi connectivity index (χ4v) is 2.02. The average molecular weight is 235 g/mol. The van der Waals surface area contributed by atoms with E-state index in [0.717, 1.165) is 8.85 Å². The summed E-state index contributed by atoms with van der Waals surface area (Å²) in [6, 6.07) is 3.96. The van der Waals surface area contributed by atoms with Gasteiger partial charge in [-0.3, -0.25) is 0 Å². The topological polar surface area (TPSA) is 9.23 Å². The second kappa shape index (κ2) is 3.15. The van der Waals surface area contributed by atoms with E-state index < -0.39 is 0 Å². The van der Waals surface area contributed by atoms with Gasteiger partial charge >= 0.3 is 0 Å². The fraction of sp³-hybridized carbons (Fsp3) is 0.500. The molecular weight excluding hydrogens is 224 g/mol. The number of rotatable bonds is 1. The van der Waals surface area contributed by atoms with Crippen LogP contribution in [0.2, 0.25) is 0 Å². The summed E-state index contributed by atoms with van der Waals surface area (Å²) in [5, 5.41) is 0.962. The largest absolute Gasteiger partial charge is 0.479 e. The average Bonchev–Trinajstić information content (AvgIpc) is 2.10. The molecule has 0 saturated heterocycles. The van der Waals surface area contributed by atoms with E-state index in [1.165, 1.54) is 0 Å². The lowest BCUT2D eigenvalue weighted by Crippen LogP contribution is -2.22. The summed E-state index contributed by atoms with van der Waals surface area (Å²) in [5.41, 5.74) is -0.0930. The molecule has 62 valence electrons. The molecule has 0 aliphatic carbocycles. The highest BCUT2D eigenvalue weighted by Crippen LogP contribution is 2.30. The van der Waals surface area contributed by atoms with Gasteiger partial charge in [0.1, 0.15) is 5.60 Å². The molecule has 0 N–H and O–H groups in total. The van der Waals surface area contributed by atoms with E-state index in [0.29, 0.717) is 0 Å². The van der Waals surface area contributed by atoms with Crippen LogP contribution in [0, 0.1) is 0 Å². The summed E-state index contributed by atoms with van der Waals surface area (Å²) < 4.78 is 6.72. The zero-order valence-electron chi connectivity index (χ0n) is 6.85. The number of thiophene rings is 1. The third-order valence-electron chi connectivity index (χ3n) is 0.955. The predicted octanol–water partition coefficient (Wildman–Crippen LogP) is 3.69. The minimum absolute atomic E-state index is 0.0930. The number of hydrogen-bond acceptors (Lipinski definition) is 2. The maximum absolute atomic E-state index is 5.61. The van der Waals surface area contributed by atoms with Gasteiger partial charge in [-0.1, -0.05) is 11.3 Å². The Morgan fingerprint density at radius 2 is 2.00 bits per heavy atom. The quantitative estimate of drug-likeness (QED) is 0.721. The van der Waals surface area contributed by atoms with Gasteiger partial charge in [0.2, 0.25) is 0 Å². The van der Waals surface area contributed by atoms with Gasteiger partial charge in [-0.2, -0.15) is 0 Å². The van der Waals surface area contributed by atoms with Crippen LogP contribution >= 0.6 is 27.3 Å². The van der Waals surface area contributed by atoms with Gasteiger partial charge in [0.25, 0.3) is 0 Å². The molecule has 1 aromatic heterocycles. The van der Waals surface area contributed by atoms with E-state index in [9.17, 15) is 0 Å². The summed E-state index contributed by atoms with van der Waals surface area (Å²) in [4.78, 5) is 0. The molecule has 1 aromatic rings. The first-order valence-corrected chi connectivity index (χ1v) is 5.03. The van der Waals surface area contributed by atoms with Crippen molar-refractivity contribution >= 4 is 27.3 Å². The molecule has 1 heterocycles. The first-order valence-electron chi connectivity index (χ1n) is 3.42. The zero-order chi connectivity index (χ0) is 8.48. The third-order valence-corrected chi connectivity index (χ3v) is 2.46. The van der Waals surface area contributed by atoms with Crippen molar-refractivity contribution < 1.29 is 4.74 Å². The Morgan fingerprint density at radius 3 is 2.36 bits per heavy atom. The van der Waals surface area contributed by atoms with E-state index >= 15 is 0 Å². The van der Waals surface area contributed by atoms with Gasteiger partial charge < -0.3 is 4.74 Å². The first kappa shape index (κ1) is 9.07. The molecule has 0 aromatic carbocycles. The van der Waals surface area contributed by atoms with Gasteiger partial charge in [-0.25, -0.2) is 0 Å². The van der Waals surface area contributed by atoms with E-state index in [1.54, 1.807) is 11.3 Å². The van der Waals surface area contributed by atoms with Crippen LogP contribution in [0.5, 0.6) is 5.06 Å². The van der Waals surface area contributed by atoms with Crippen molar-refractivity contribution in [3.8, 4) is 5.06 Å². The van der Waals surface area contributed by atoms with Gasteiger partial charge in [0.15, 0.2) is 5.06 Å². The van der Waals surface area contributed by atoms with Crippen LogP contribution in [0.1, 0.15) is 20.8 Å². The van der Waals surface area contributed by atoms with Crippen LogP contribution in [-0.4, -0.2) is 5.60 Å². The smallest absolute Gasteiger partial charge is 0.175 e. The maximum Gasteiger partial charge on any atom is 0.175 e. The highest BCUT2D eigenvalue weighted by molar-refractivity contribution is 9.11. The summed E-state index contributed by atoms with van der Waals surface area (Å²) in [5.74, 6) is 0. The molecule has 0 radical (unpaired) electrons. The molecule has 11 heavy (non-hydrogen) atoms. The maximum atomic E-state index is 5.61. The van der Waals surface area contributed by atoms with Gasteiger partial charge in [-0.15, -0.1) is 0 Å². The molecule has 0 saturated carbocycles. The lowest BCUT2D eigenvalue weighted by atomic mass is 10.2. The molecule has 0 spiro atoms. The first-order chi connectivity index (χ1) is 4.97. The van der Waals surface area contributed by atoms with Gasteiger partial charge in [-0.05, 0) is 48.8 Å². The normalized spacial score (nSPS) is 11.6. The molecule has 0 amide bonds.